The summed E-state index contributed by atoms with van der Waals surface area (Å²) in [5, 5.41) is 1.35. The van der Waals surface area contributed by atoms with Crippen molar-refractivity contribution in [3.8, 4) is 0 Å². The molecule has 0 aliphatic rings. The summed E-state index contributed by atoms with van der Waals surface area (Å²) in [6, 6.07) is 5.56. The molecule has 2 aromatic rings. The smallest absolute Gasteiger partial charge is 0.265 e. The Hall–Kier alpha value is -1.30. The Morgan fingerprint density at radius 3 is 2.90 bits per heavy atom. The lowest BCUT2D eigenvalue weighted by atomic mass is 10.2. The van der Waals surface area contributed by atoms with Crippen LogP contribution in [0.25, 0.3) is 10.1 Å². The molecule has 0 saturated carbocycles. The Morgan fingerprint density at radius 1 is 1.50 bits per heavy atom. The van der Waals surface area contributed by atoms with E-state index in [1.807, 2.05) is 12.1 Å². The van der Waals surface area contributed by atoms with Crippen LogP contribution in [0.15, 0.2) is 18.2 Å². The van der Waals surface area contributed by atoms with Crippen molar-refractivity contribution in [1.29, 1.82) is 0 Å². The number of anilines is 1. The standard InChI is InChI=1S/C14H17ClN2O2S/c1-17(7-4-8-19-2)14(18)13-12(16)11-9(15)5-3-6-10(11)20-13/h3,5-6H,4,7-8,16H2,1-2H3. The van der Waals surface area contributed by atoms with Gasteiger partial charge in [0.2, 0.25) is 0 Å². The molecule has 0 aliphatic heterocycles. The molecule has 1 amide bonds. The Kier molecular flexibility index (Phi) is 4.86. The van der Waals surface area contributed by atoms with Crippen LogP contribution in [-0.4, -0.2) is 38.1 Å². The van der Waals surface area contributed by atoms with Gasteiger partial charge >= 0.3 is 0 Å². The Morgan fingerprint density at radius 2 is 2.25 bits per heavy atom. The lowest BCUT2D eigenvalue weighted by Crippen LogP contribution is -2.28. The first-order chi connectivity index (χ1) is 9.56. The summed E-state index contributed by atoms with van der Waals surface area (Å²) in [6.07, 6.45) is 0.796. The Bertz CT molecular complexity index is 627. The van der Waals surface area contributed by atoms with Crippen LogP contribution in [-0.2, 0) is 4.74 Å². The molecule has 108 valence electrons. The van der Waals surface area contributed by atoms with Gasteiger partial charge in [-0.15, -0.1) is 11.3 Å². The summed E-state index contributed by atoms with van der Waals surface area (Å²) in [6.45, 7) is 1.26. The van der Waals surface area contributed by atoms with Crippen LogP contribution < -0.4 is 5.73 Å². The SMILES string of the molecule is COCCCN(C)C(=O)c1sc2cccc(Cl)c2c1N. The molecule has 0 spiro atoms. The largest absolute Gasteiger partial charge is 0.397 e. The van der Waals surface area contributed by atoms with E-state index >= 15 is 0 Å². The highest BCUT2D eigenvalue weighted by Crippen LogP contribution is 2.38. The van der Waals surface area contributed by atoms with Crippen molar-refractivity contribution in [3.63, 3.8) is 0 Å². The second kappa shape index (κ2) is 6.43. The van der Waals surface area contributed by atoms with Crippen molar-refractivity contribution in [1.82, 2.24) is 4.90 Å². The first-order valence-corrected chi connectivity index (χ1v) is 7.46. The van der Waals surface area contributed by atoms with Crippen molar-refractivity contribution in [2.45, 2.75) is 6.42 Å². The van der Waals surface area contributed by atoms with Crippen molar-refractivity contribution in [3.05, 3.63) is 28.1 Å². The predicted molar refractivity (Wildman–Crippen MR) is 84.7 cm³/mol. The van der Waals surface area contributed by atoms with Crippen LogP contribution in [0.4, 0.5) is 5.69 Å². The van der Waals surface area contributed by atoms with E-state index in [2.05, 4.69) is 0 Å². The number of hydrogen-bond acceptors (Lipinski definition) is 4. The van der Waals surface area contributed by atoms with E-state index in [0.29, 0.717) is 28.7 Å². The second-order valence-electron chi connectivity index (χ2n) is 4.53. The third-order valence-electron chi connectivity index (χ3n) is 3.08. The number of nitrogens with two attached hydrogens (primary N) is 1. The van der Waals surface area contributed by atoms with Gasteiger partial charge in [0.05, 0.1) is 10.7 Å². The van der Waals surface area contributed by atoms with Gasteiger partial charge in [0.1, 0.15) is 4.88 Å². The highest BCUT2D eigenvalue weighted by atomic mass is 35.5. The molecule has 20 heavy (non-hydrogen) atoms. The maximum atomic E-state index is 12.4. The number of rotatable bonds is 5. The molecular formula is C14H17ClN2O2S. The van der Waals surface area contributed by atoms with Crippen LogP contribution in [0.1, 0.15) is 16.1 Å². The first kappa shape index (κ1) is 15.1. The number of amides is 1. The molecule has 2 rings (SSSR count). The number of halogens is 1. The van der Waals surface area contributed by atoms with Crippen LogP contribution in [0.3, 0.4) is 0 Å². The molecular weight excluding hydrogens is 296 g/mol. The summed E-state index contributed by atoms with van der Waals surface area (Å²) in [7, 11) is 3.41. The second-order valence-corrected chi connectivity index (χ2v) is 5.99. The van der Waals surface area contributed by atoms with Crippen molar-refractivity contribution in [2.75, 3.05) is 33.0 Å². The third kappa shape index (κ3) is 2.90. The molecule has 4 nitrogen and oxygen atoms in total. The number of nitrogen functional groups attached to an aromatic ring is 1. The van der Waals surface area contributed by atoms with Gasteiger partial charge in [-0.1, -0.05) is 17.7 Å². The van der Waals surface area contributed by atoms with Crippen LogP contribution >= 0.6 is 22.9 Å². The number of fused-ring (bicyclic) bond motifs is 1. The lowest BCUT2D eigenvalue weighted by Gasteiger charge is -2.16. The number of hydrogen-bond donors (Lipinski definition) is 1. The van der Waals surface area contributed by atoms with Gasteiger partial charge in [-0.05, 0) is 18.6 Å². The minimum atomic E-state index is -0.0733. The summed E-state index contributed by atoms with van der Waals surface area (Å²) in [4.78, 5) is 14.6. The zero-order valence-electron chi connectivity index (χ0n) is 11.5. The van der Waals surface area contributed by atoms with E-state index in [-0.39, 0.29) is 5.91 Å². The predicted octanol–water partition coefficient (Wildman–Crippen LogP) is 3.25. The molecule has 0 aliphatic carbocycles. The Balaban J connectivity index is 2.26. The van der Waals surface area contributed by atoms with Gasteiger partial charge in [0.15, 0.2) is 0 Å². The van der Waals surface area contributed by atoms with E-state index < -0.39 is 0 Å². The summed E-state index contributed by atoms with van der Waals surface area (Å²) in [5.41, 5.74) is 6.56. The van der Waals surface area contributed by atoms with E-state index in [1.165, 1.54) is 11.3 Å². The molecule has 0 radical (unpaired) electrons. The van der Waals surface area contributed by atoms with Gasteiger partial charge in [-0.25, -0.2) is 0 Å². The number of nitrogens with zero attached hydrogens (tertiary/aromatic N) is 1. The number of carbonyl (C=O) groups excluding carboxylic acids is 1. The summed E-state index contributed by atoms with van der Waals surface area (Å²) < 4.78 is 5.92. The summed E-state index contributed by atoms with van der Waals surface area (Å²) in [5.74, 6) is -0.0733. The molecule has 6 heteroatoms. The fraction of sp³-hybridized carbons (Fsp3) is 0.357. The summed E-state index contributed by atoms with van der Waals surface area (Å²) >= 11 is 7.53. The van der Waals surface area contributed by atoms with Crippen LogP contribution in [0, 0.1) is 0 Å². The maximum absolute atomic E-state index is 12.4. The highest BCUT2D eigenvalue weighted by Gasteiger charge is 2.20. The third-order valence-corrected chi connectivity index (χ3v) is 4.56. The Labute approximate surface area is 127 Å². The molecule has 0 fully saturated rings. The number of methoxy groups -OCH3 is 1. The normalized spacial score (nSPS) is 10.9. The minimum absolute atomic E-state index is 0.0733. The van der Waals surface area contributed by atoms with Gasteiger partial charge < -0.3 is 15.4 Å². The van der Waals surface area contributed by atoms with Gasteiger partial charge in [-0.2, -0.15) is 0 Å². The van der Waals surface area contributed by atoms with E-state index in [1.54, 1.807) is 25.1 Å². The van der Waals surface area contributed by atoms with Gasteiger partial charge in [-0.3, -0.25) is 4.79 Å². The fourth-order valence-corrected chi connectivity index (χ4v) is 3.49. The van der Waals surface area contributed by atoms with E-state index in [0.717, 1.165) is 16.5 Å². The number of carbonyl (C=O) groups is 1. The minimum Gasteiger partial charge on any atom is -0.397 e. The number of ether oxygens (including phenoxy) is 1. The molecule has 0 saturated heterocycles. The van der Waals surface area contributed by atoms with E-state index in [4.69, 9.17) is 22.1 Å². The zero-order chi connectivity index (χ0) is 14.7. The molecule has 0 unspecified atom stereocenters. The average molecular weight is 313 g/mol. The fourth-order valence-electron chi connectivity index (χ4n) is 2.01. The molecule has 1 aromatic carbocycles. The van der Waals surface area contributed by atoms with Crippen molar-refractivity contribution in [2.24, 2.45) is 0 Å². The molecule has 2 N–H and O–H groups in total. The molecule has 1 heterocycles. The average Bonchev–Trinajstić information content (AvgIpc) is 2.76. The van der Waals surface area contributed by atoms with Gasteiger partial charge in [0, 0.05) is 37.4 Å². The molecule has 0 bridgehead atoms. The van der Waals surface area contributed by atoms with Crippen molar-refractivity contribution < 1.29 is 9.53 Å². The van der Waals surface area contributed by atoms with E-state index in [9.17, 15) is 4.79 Å². The zero-order valence-corrected chi connectivity index (χ0v) is 13.1. The molecule has 0 atom stereocenters. The van der Waals surface area contributed by atoms with Crippen LogP contribution in [0.2, 0.25) is 5.02 Å². The van der Waals surface area contributed by atoms with Crippen LogP contribution in [0.5, 0.6) is 0 Å². The number of benzene rings is 1. The lowest BCUT2D eigenvalue weighted by molar-refractivity contribution is 0.0785. The number of thiophene rings is 1. The quantitative estimate of drug-likeness (QED) is 0.862. The monoisotopic (exact) mass is 312 g/mol. The first-order valence-electron chi connectivity index (χ1n) is 6.27. The van der Waals surface area contributed by atoms with Crippen molar-refractivity contribution >= 4 is 44.6 Å². The topological polar surface area (TPSA) is 55.6 Å². The molecule has 1 aromatic heterocycles. The maximum Gasteiger partial charge on any atom is 0.265 e. The van der Waals surface area contributed by atoms with Gasteiger partial charge in [0.25, 0.3) is 5.91 Å². The highest BCUT2D eigenvalue weighted by molar-refractivity contribution is 7.21.